The highest BCUT2D eigenvalue weighted by atomic mass is 16.6. The summed E-state index contributed by atoms with van der Waals surface area (Å²) in [5.41, 5.74) is 9.05. The zero-order valence-electron chi connectivity index (χ0n) is 36.8. The lowest BCUT2D eigenvalue weighted by Crippen LogP contribution is -2.52. The molecular formula is C51H55N7O5. The molecule has 3 unspecified atom stereocenters. The molecule has 0 saturated carbocycles. The predicted octanol–water partition coefficient (Wildman–Crippen LogP) is 10.6. The minimum absolute atomic E-state index is 0.0342. The van der Waals surface area contributed by atoms with Crippen LogP contribution in [0.5, 0.6) is 5.75 Å². The van der Waals surface area contributed by atoms with Crippen LogP contribution in [0.25, 0.3) is 50.2 Å². The molecular weight excluding hydrogens is 791 g/mol. The van der Waals surface area contributed by atoms with Crippen molar-refractivity contribution in [1.82, 2.24) is 35.0 Å². The normalized spacial score (nSPS) is 20.7. The van der Waals surface area contributed by atoms with E-state index in [0.29, 0.717) is 13.1 Å². The third-order valence-corrected chi connectivity index (χ3v) is 12.3. The second kappa shape index (κ2) is 15.6. The molecule has 6 aromatic rings. The first-order valence-electron chi connectivity index (χ1n) is 22.2. The molecule has 2 fully saturated rings. The van der Waals surface area contributed by atoms with Gasteiger partial charge in [0.2, 0.25) is 6.23 Å². The number of aromatic amines is 1. The third kappa shape index (κ3) is 7.87. The van der Waals surface area contributed by atoms with Gasteiger partial charge in [0.05, 0.1) is 40.9 Å². The average Bonchev–Trinajstić information content (AvgIpc) is 4.11. The summed E-state index contributed by atoms with van der Waals surface area (Å²) in [5, 5.41) is 8.30. The van der Waals surface area contributed by atoms with E-state index in [9.17, 15) is 9.59 Å². The molecule has 12 nitrogen and oxygen atoms in total. The van der Waals surface area contributed by atoms with Crippen LogP contribution in [0, 0.1) is 0 Å². The molecule has 2 amide bonds. The molecule has 0 spiro atoms. The second-order valence-electron chi connectivity index (χ2n) is 19.1. The first kappa shape index (κ1) is 40.4. The van der Waals surface area contributed by atoms with E-state index in [2.05, 4.69) is 111 Å². The summed E-state index contributed by atoms with van der Waals surface area (Å²) < 4.78 is 20.9. The number of carbonyl (C=O) groups excluding carboxylic acids is 2. The smallest absolute Gasteiger partial charge is 0.410 e. The molecule has 6 heterocycles. The number of rotatable bonds is 6. The van der Waals surface area contributed by atoms with Crippen LogP contribution in [-0.2, 0) is 9.47 Å². The van der Waals surface area contributed by atoms with Gasteiger partial charge < -0.3 is 39.3 Å². The molecule has 2 saturated heterocycles. The summed E-state index contributed by atoms with van der Waals surface area (Å²) in [7, 11) is 0. The van der Waals surface area contributed by atoms with Gasteiger partial charge in [0.1, 0.15) is 28.9 Å². The van der Waals surface area contributed by atoms with Gasteiger partial charge in [-0.3, -0.25) is 4.90 Å². The highest BCUT2D eigenvalue weighted by Crippen LogP contribution is 2.46. The Morgan fingerprint density at radius 3 is 2.27 bits per heavy atom. The number of likely N-dealkylation sites (tertiary alicyclic amines) is 2. The molecule has 324 valence electrons. The first-order valence-corrected chi connectivity index (χ1v) is 22.2. The van der Waals surface area contributed by atoms with Crippen molar-refractivity contribution in [2.24, 2.45) is 0 Å². The van der Waals surface area contributed by atoms with Gasteiger partial charge in [-0.1, -0.05) is 60.7 Å². The maximum Gasteiger partial charge on any atom is 0.410 e. The molecule has 4 aromatic carbocycles. The van der Waals surface area contributed by atoms with Crippen LogP contribution in [0.1, 0.15) is 96.4 Å². The van der Waals surface area contributed by atoms with Crippen molar-refractivity contribution in [1.29, 1.82) is 0 Å². The molecule has 4 aliphatic heterocycles. The summed E-state index contributed by atoms with van der Waals surface area (Å²) in [4.78, 5) is 38.2. The van der Waals surface area contributed by atoms with Crippen molar-refractivity contribution in [3.63, 3.8) is 0 Å². The molecule has 0 bridgehead atoms. The van der Waals surface area contributed by atoms with Crippen LogP contribution >= 0.6 is 0 Å². The van der Waals surface area contributed by atoms with Crippen molar-refractivity contribution in [2.45, 2.75) is 103 Å². The van der Waals surface area contributed by atoms with Gasteiger partial charge in [-0.15, -0.1) is 0 Å². The van der Waals surface area contributed by atoms with Crippen LogP contribution in [0.4, 0.5) is 9.59 Å². The Labute approximate surface area is 368 Å². The highest BCUT2D eigenvalue weighted by molar-refractivity contribution is 5.92. The van der Waals surface area contributed by atoms with Crippen LogP contribution < -0.4 is 15.4 Å². The number of fused-ring (bicyclic) bond motifs is 5. The maximum absolute atomic E-state index is 13.1. The maximum atomic E-state index is 13.1. The van der Waals surface area contributed by atoms with Gasteiger partial charge in [-0.25, -0.2) is 14.6 Å². The van der Waals surface area contributed by atoms with E-state index in [4.69, 9.17) is 19.2 Å². The number of nitrogens with one attached hydrogen (secondary N) is 3. The molecule has 2 aromatic heterocycles. The fraction of sp³-hybridized carbons (Fsp3) is 0.353. The lowest BCUT2D eigenvalue weighted by Gasteiger charge is -2.32. The zero-order valence-corrected chi connectivity index (χ0v) is 36.8. The van der Waals surface area contributed by atoms with Crippen molar-refractivity contribution < 1.29 is 23.8 Å². The average molecular weight is 846 g/mol. The summed E-state index contributed by atoms with van der Waals surface area (Å²) in [6, 6.07) is 33.9. The van der Waals surface area contributed by atoms with Gasteiger partial charge in [0.25, 0.3) is 0 Å². The number of carbonyl (C=O) groups is 2. The molecule has 0 radical (unpaired) electrons. The third-order valence-electron chi connectivity index (χ3n) is 12.3. The number of aromatic nitrogens is 3. The largest absolute Gasteiger partial charge is 0.465 e. The summed E-state index contributed by atoms with van der Waals surface area (Å²) in [6.45, 7) is 12.7. The minimum Gasteiger partial charge on any atom is -0.465 e. The van der Waals surface area contributed by atoms with E-state index >= 15 is 0 Å². The number of H-pyrrole nitrogens is 1. The van der Waals surface area contributed by atoms with Crippen LogP contribution in [0.2, 0.25) is 0 Å². The quantitative estimate of drug-likeness (QED) is 0.151. The Hall–Kier alpha value is -6.69. The number of hydrogen-bond donors (Lipinski definition) is 3. The van der Waals surface area contributed by atoms with Crippen molar-refractivity contribution in [3.8, 4) is 39.4 Å². The van der Waals surface area contributed by atoms with E-state index in [1.165, 1.54) is 0 Å². The number of benzene rings is 4. The van der Waals surface area contributed by atoms with E-state index in [-0.39, 0.29) is 30.4 Å². The predicted molar refractivity (Wildman–Crippen MR) is 245 cm³/mol. The molecule has 12 heteroatoms. The molecule has 4 atom stereocenters. The van der Waals surface area contributed by atoms with Crippen molar-refractivity contribution in [2.75, 3.05) is 13.1 Å². The molecule has 3 N–H and O–H groups in total. The van der Waals surface area contributed by atoms with Crippen LogP contribution in [0.15, 0.2) is 109 Å². The standard InChI is InChI=1S/C51H55N7O5/c1-50(2,3)62-48(59)56-23-11-17-41(56)45-52-29-38(54-45)33-20-22-40-36(26-33)27-43-37-21-19-34(39-30-53-46(55-39)42-18-12-24-57(42)49(60)63-51(4,5)6)28-44(37)61-47(58(40)43)35-16-10-15-32(25-35)31-13-8-7-9-14-31/h7-10,13-16,19-22,25-30,41-42,45,47,52,54H,11-12,17-18,23-24H2,1-6H3,(H,53,55)/t41-,42?,45?,47?/m0/s1. The SMILES string of the molecule is CC(C)(C)OC(=O)N1CCCC1c1ncc(-c2ccc3c(c2)OC(c2cccc(-c4ccccc4)c2)n2c-3cc3cc(C4=CNC([C@@H]5CCCN5C(=O)OC(C)(C)C)N4)ccc32)[nH]1. The van der Waals surface area contributed by atoms with Crippen LogP contribution in [-0.4, -0.2) is 73.0 Å². The fourth-order valence-electron chi connectivity index (χ4n) is 9.48. The van der Waals surface area contributed by atoms with Gasteiger partial charge in [0, 0.05) is 41.4 Å². The molecule has 4 aliphatic rings. The monoisotopic (exact) mass is 845 g/mol. The number of ether oxygens (including phenoxy) is 3. The van der Waals surface area contributed by atoms with Crippen molar-refractivity contribution in [3.05, 3.63) is 126 Å². The lowest BCUT2D eigenvalue weighted by molar-refractivity contribution is 0.0192. The van der Waals surface area contributed by atoms with E-state index in [0.717, 1.165) is 98.6 Å². The number of hydrogen-bond acceptors (Lipinski definition) is 8. The Balaban J connectivity index is 0.977. The van der Waals surface area contributed by atoms with Crippen molar-refractivity contribution >= 4 is 28.8 Å². The number of imidazole rings is 1. The second-order valence-corrected chi connectivity index (χ2v) is 19.1. The molecule has 0 aliphatic carbocycles. The zero-order chi connectivity index (χ0) is 43.6. The first-order chi connectivity index (χ1) is 30.3. The topological polar surface area (TPSA) is 126 Å². The van der Waals surface area contributed by atoms with E-state index in [1.54, 1.807) is 4.90 Å². The lowest BCUT2D eigenvalue weighted by atomic mass is 10.0. The Morgan fingerprint density at radius 2 is 1.48 bits per heavy atom. The summed E-state index contributed by atoms with van der Waals surface area (Å²) in [6.07, 6.45) is 6.21. The van der Waals surface area contributed by atoms with E-state index < -0.39 is 17.4 Å². The van der Waals surface area contributed by atoms with E-state index in [1.807, 2.05) is 64.9 Å². The van der Waals surface area contributed by atoms with Gasteiger partial charge >= 0.3 is 12.2 Å². The van der Waals surface area contributed by atoms with Gasteiger partial charge in [-0.05, 0) is 120 Å². The van der Waals surface area contributed by atoms with Gasteiger partial charge in [0.15, 0.2) is 0 Å². The Morgan fingerprint density at radius 1 is 0.746 bits per heavy atom. The number of amides is 2. The number of nitrogens with zero attached hydrogens (tertiary/aromatic N) is 4. The Bertz CT molecular complexity index is 2740. The van der Waals surface area contributed by atoms with Gasteiger partial charge in [-0.2, -0.15) is 0 Å². The molecule has 63 heavy (non-hydrogen) atoms. The highest BCUT2D eigenvalue weighted by Gasteiger charge is 2.39. The Kier molecular flexibility index (Phi) is 9.99. The van der Waals surface area contributed by atoms with Crippen LogP contribution in [0.3, 0.4) is 0 Å². The summed E-state index contributed by atoms with van der Waals surface area (Å²) in [5.74, 6) is 1.51. The fourth-order valence-corrected chi connectivity index (χ4v) is 9.48. The molecule has 10 rings (SSSR count). The summed E-state index contributed by atoms with van der Waals surface area (Å²) >= 11 is 0. The minimum atomic E-state index is -0.578.